The summed E-state index contributed by atoms with van der Waals surface area (Å²) in [7, 11) is -3.95. The highest BCUT2D eigenvalue weighted by atomic mass is 35.5. The van der Waals surface area contributed by atoms with Crippen LogP contribution in [0.1, 0.15) is 18.4 Å². The summed E-state index contributed by atoms with van der Waals surface area (Å²) >= 11 is 11.6. The molecule has 0 saturated heterocycles. The van der Waals surface area contributed by atoms with Gasteiger partial charge in [0.25, 0.3) is 0 Å². The smallest absolute Gasteiger partial charge is 0.324 e. The van der Waals surface area contributed by atoms with Crippen LogP contribution >= 0.6 is 23.2 Å². The number of nitrogens with one attached hydrogen (secondary N) is 1. The summed E-state index contributed by atoms with van der Waals surface area (Å²) in [6.45, 7) is 2.95. The zero-order chi connectivity index (χ0) is 17.9. The van der Waals surface area contributed by atoms with Crippen molar-refractivity contribution in [2.45, 2.75) is 31.4 Å². The average Bonchev–Trinajstić information content (AvgIpc) is 2.92. The Labute approximate surface area is 148 Å². The Morgan fingerprint density at radius 2 is 2.04 bits per heavy atom. The molecule has 2 rings (SSSR count). The Morgan fingerprint density at radius 1 is 1.33 bits per heavy atom. The molecule has 0 radical (unpaired) electrons. The Kier molecular flexibility index (Phi) is 5.87. The van der Waals surface area contributed by atoms with Crippen molar-refractivity contribution in [3.63, 3.8) is 0 Å². The van der Waals surface area contributed by atoms with Gasteiger partial charge in [-0.1, -0.05) is 28.4 Å². The Bertz CT molecular complexity index is 851. The normalized spacial score (nSPS) is 12.8. The predicted molar refractivity (Wildman–Crippen MR) is 87.3 cm³/mol. The lowest BCUT2D eigenvalue weighted by Gasteiger charge is -2.13. The van der Waals surface area contributed by atoms with E-state index < -0.39 is 22.0 Å². The second kappa shape index (κ2) is 7.52. The van der Waals surface area contributed by atoms with Crippen molar-refractivity contribution in [3.8, 4) is 0 Å². The van der Waals surface area contributed by atoms with Gasteiger partial charge in [-0.2, -0.15) is 4.72 Å². The maximum Gasteiger partial charge on any atom is 0.324 e. The first-order valence-electron chi connectivity index (χ1n) is 6.75. The number of hydrogen-bond donors (Lipinski definition) is 1. The van der Waals surface area contributed by atoms with Crippen LogP contribution in [-0.4, -0.2) is 25.6 Å². The largest absolute Gasteiger partial charge is 0.456 e. The Balaban J connectivity index is 2.00. The van der Waals surface area contributed by atoms with Crippen LogP contribution in [0.5, 0.6) is 0 Å². The first-order chi connectivity index (χ1) is 11.2. The van der Waals surface area contributed by atoms with Gasteiger partial charge in [0.15, 0.2) is 12.4 Å². The molecule has 24 heavy (non-hydrogen) atoms. The fraction of sp³-hybridized carbons (Fsp3) is 0.286. The van der Waals surface area contributed by atoms with Crippen molar-refractivity contribution < 1.29 is 22.5 Å². The number of benzene rings is 1. The van der Waals surface area contributed by atoms with E-state index in [-0.39, 0.29) is 21.5 Å². The molecule has 0 aliphatic rings. The van der Waals surface area contributed by atoms with Crippen LogP contribution in [0.25, 0.3) is 0 Å². The minimum absolute atomic E-state index is 0.0930. The van der Waals surface area contributed by atoms with Gasteiger partial charge in [-0.05, 0) is 32.0 Å². The monoisotopic (exact) mass is 392 g/mol. The lowest BCUT2D eigenvalue weighted by molar-refractivity contribution is -0.147. The number of carbonyl (C=O) groups excluding carboxylic acids is 1. The molecule has 10 heteroatoms. The summed E-state index contributed by atoms with van der Waals surface area (Å²) in [4.78, 5) is 11.8. The lowest BCUT2D eigenvalue weighted by atomic mass is 10.4. The van der Waals surface area contributed by atoms with Gasteiger partial charge in [0.1, 0.15) is 6.04 Å². The fourth-order valence-corrected chi connectivity index (χ4v) is 3.33. The molecular formula is C14H14Cl2N2O5S. The van der Waals surface area contributed by atoms with E-state index in [0.717, 1.165) is 0 Å². The molecule has 1 aromatic carbocycles. The topological polar surface area (TPSA) is 98.5 Å². The summed E-state index contributed by atoms with van der Waals surface area (Å²) in [6.07, 6.45) is 0. The summed E-state index contributed by atoms with van der Waals surface area (Å²) in [5.74, 6) is -0.395. The highest BCUT2D eigenvalue weighted by molar-refractivity contribution is 7.89. The molecule has 0 saturated carbocycles. The molecule has 0 fully saturated rings. The number of aromatic nitrogens is 1. The predicted octanol–water partition coefficient (Wildman–Crippen LogP) is 2.70. The summed E-state index contributed by atoms with van der Waals surface area (Å²) < 4.78 is 36.6. The van der Waals surface area contributed by atoms with E-state index >= 15 is 0 Å². The van der Waals surface area contributed by atoms with Crippen molar-refractivity contribution in [2.75, 3.05) is 0 Å². The van der Waals surface area contributed by atoms with Gasteiger partial charge in [-0.25, -0.2) is 8.42 Å². The average molecular weight is 393 g/mol. The number of sulfonamides is 1. The van der Waals surface area contributed by atoms with Gasteiger partial charge >= 0.3 is 5.97 Å². The second-order valence-electron chi connectivity index (χ2n) is 4.96. The highest BCUT2D eigenvalue weighted by Gasteiger charge is 2.24. The molecule has 1 heterocycles. The molecule has 7 nitrogen and oxygen atoms in total. The number of carbonyl (C=O) groups is 1. The maximum atomic E-state index is 12.2. The van der Waals surface area contributed by atoms with Crippen LogP contribution in [0.3, 0.4) is 0 Å². The number of aryl methyl sites for hydroxylation is 1. The number of esters is 1. The molecule has 0 aliphatic carbocycles. The molecule has 1 N–H and O–H groups in total. The Hall–Kier alpha value is -1.61. The van der Waals surface area contributed by atoms with E-state index in [2.05, 4.69) is 9.88 Å². The third-order valence-electron chi connectivity index (χ3n) is 2.92. The number of halogens is 2. The van der Waals surface area contributed by atoms with Gasteiger partial charge in [-0.3, -0.25) is 4.79 Å². The molecule has 0 aliphatic heterocycles. The van der Waals surface area contributed by atoms with Crippen molar-refractivity contribution in [1.29, 1.82) is 0 Å². The quantitative estimate of drug-likeness (QED) is 0.758. The molecule has 130 valence electrons. The van der Waals surface area contributed by atoms with Crippen LogP contribution in [0, 0.1) is 6.92 Å². The van der Waals surface area contributed by atoms with E-state index in [0.29, 0.717) is 11.5 Å². The van der Waals surface area contributed by atoms with Crippen LogP contribution in [0.2, 0.25) is 10.0 Å². The van der Waals surface area contributed by atoms with Crippen molar-refractivity contribution in [3.05, 3.63) is 45.8 Å². The molecule has 2 aromatic rings. The third-order valence-corrected chi connectivity index (χ3v) is 5.20. The van der Waals surface area contributed by atoms with E-state index in [9.17, 15) is 13.2 Å². The first-order valence-corrected chi connectivity index (χ1v) is 8.99. The molecule has 0 amide bonds. The van der Waals surface area contributed by atoms with Gasteiger partial charge in [-0.15, -0.1) is 0 Å². The van der Waals surface area contributed by atoms with Gasteiger partial charge in [0.05, 0.1) is 20.6 Å². The SMILES string of the molecule is Cc1cc(COC(=O)[C@H](C)NS(=O)(=O)c2ccc(Cl)c(Cl)c2)on1. The van der Waals surface area contributed by atoms with Crippen LogP contribution in [0.4, 0.5) is 0 Å². The maximum absolute atomic E-state index is 12.2. The minimum Gasteiger partial charge on any atom is -0.456 e. The third kappa shape index (κ3) is 4.70. The van der Waals surface area contributed by atoms with E-state index in [1.807, 2.05) is 0 Å². The van der Waals surface area contributed by atoms with Crippen LogP contribution < -0.4 is 4.72 Å². The van der Waals surface area contributed by atoms with E-state index in [4.69, 9.17) is 32.5 Å². The zero-order valence-electron chi connectivity index (χ0n) is 12.7. The molecule has 1 aromatic heterocycles. The standard InChI is InChI=1S/C14H14Cl2N2O5S/c1-8-5-10(23-17-8)7-22-14(19)9(2)18-24(20,21)11-3-4-12(15)13(16)6-11/h3-6,9,18H,7H2,1-2H3/t9-/m0/s1. The molecule has 0 unspecified atom stereocenters. The minimum atomic E-state index is -3.95. The van der Waals surface area contributed by atoms with Gasteiger partial charge in [0.2, 0.25) is 10.0 Å². The second-order valence-corrected chi connectivity index (χ2v) is 7.49. The number of ether oxygens (including phenoxy) is 1. The Morgan fingerprint density at radius 3 is 2.62 bits per heavy atom. The van der Waals surface area contributed by atoms with Gasteiger partial charge < -0.3 is 9.26 Å². The van der Waals surface area contributed by atoms with Crippen molar-refractivity contribution >= 4 is 39.2 Å². The number of rotatable bonds is 6. The van der Waals surface area contributed by atoms with Crippen LogP contribution in [0.15, 0.2) is 33.7 Å². The zero-order valence-corrected chi connectivity index (χ0v) is 15.1. The van der Waals surface area contributed by atoms with E-state index in [1.165, 1.54) is 25.1 Å². The van der Waals surface area contributed by atoms with Crippen LogP contribution in [-0.2, 0) is 26.2 Å². The molecule has 0 bridgehead atoms. The summed E-state index contributed by atoms with van der Waals surface area (Å²) in [6, 6.07) is 4.34. The highest BCUT2D eigenvalue weighted by Crippen LogP contribution is 2.24. The number of nitrogens with zero attached hydrogens (tertiary/aromatic N) is 1. The van der Waals surface area contributed by atoms with Crippen molar-refractivity contribution in [1.82, 2.24) is 9.88 Å². The molecule has 1 atom stereocenters. The summed E-state index contributed by atoms with van der Waals surface area (Å²) in [5.41, 5.74) is 0.648. The first kappa shape index (κ1) is 18.7. The van der Waals surface area contributed by atoms with Crippen molar-refractivity contribution in [2.24, 2.45) is 0 Å². The molecular weight excluding hydrogens is 379 g/mol. The number of hydrogen-bond acceptors (Lipinski definition) is 6. The molecule has 0 spiro atoms. The summed E-state index contributed by atoms with van der Waals surface area (Å²) in [5, 5.41) is 3.97. The lowest BCUT2D eigenvalue weighted by Crippen LogP contribution is -2.39. The van der Waals surface area contributed by atoms with E-state index in [1.54, 1.807) is 13.0 Å². The fourth-order valence-electron chi connectivity index (χ4n) is 1.74. The van der Waals surface area contributed by atoms with Gasteiger partial charge in [0, 0.05) is 6.07 Å².